The van der Waals surface area contributed by atoms with E-state index in [4.69, 9.17) is 20.0 Å². The summed E-state index contributed by atoms with van der Waals surface area (Å²) in [4.78, 5) is 19.9. The molecular formula is C3H9O7P. The maximum Gasteiger partial charge on any atom is 0.496 e. The summed E-state index contributed by atoms with van der Waals surface area (Å²) < 4.78 is 13.4. The molecule has 8 heteroatoms. The van der Waals surface area contributed by atoms with Gasteiger partial charge in [0.1, 0.15) is 12.7 Å². The van der Waals surface area contributed by atoms with Crippen LogP contribution in [0.4, 0.5) is 0 Å². The fourth-order valence-corrected chi connectivity index (χ4v) is 0.429. The fourth-order valence-electron chi connectivity index (χ4n) is 0.230. The molecule has 0 saturated carbocycles. The molecule has 0 heterocycles. The van der Waals surface area contributed by atoms with Gasteiger partial charge >= 0.3 is 7.82 Å². The fraction of sp³-hybridized carbons (Fsp3) is 1.00. The Morgan fingerprint density at radius 3 is 2.36 bits per heavy atom. The van der Waals surface area contributed by atoms with Gasteiger partial charge in [-0.2, -0.15) is 0 Å². The highest BCUT2D eigenvalue weighted by atomic mass is 31.2. The quantitative estimate of drug-likeness (QED) is 0.232. The van der Waals surface area contributed by atoms with Crippen LogP contribution in [0.2, 0.25) is 0 Å². The number of hydrogen-bond donors (Lipinski definition) is 4. The van der Waals surface area contributed by atoms with Gasteiger partial charge in [0.25, 0.3) is 0 Å². The van der Waals surface area contributed by atoms with E-state index in [0.717, 1.165) is 0 Å². The van der Waals surface area contributed by atoms with Crippen LogP contribution in [-0.2, 0) is 14.1 Å². The maximum absolute atomic E-state index is 9.90. The van der Waals surface area contributed by atoms with E-state index in [2.05, 4.69) is 9.56 Å². The molecule has 0 aliphatic rings. The molecule has 0 fully saturated rings. The average Bonchev–Trinajstić information content (AvgIpc) is 1.85. The van der Waals surface area contributed by atoms with Crippen LogP contribution in [-0.4, -0.2) is 39.3 Å². The lowest BCUT2D eigenvalue weighted by Crippen LogP contribution is -2.19. The van der Waals surface area contributed by atoms with Crippen molar-refractivity contribution >= 4 is 7.82 Å². The van der Waals surface area contributed by atoms with E-state index in [0.29, 0.717) is 0 Å². The first-order valence-corrected chi connectivity index (χ1v) is 4.14. The number of phosphoric acid groups is 1. The SMILES string of the molecule is O=P(O)(O)OOCC(O)CO. The van der Waals surface area contributed by atoms with Crippen LogP contribution in [0.5, 0.6) is 0 Å². The van der Waals surface area contributed by atoms with Crippen LogP contribution in [0, 0.1) is 0 Å². The number of aliphatic hydroxyl groups excluding tert-OH is 2. The molecule has 0 bridgehead atoms. The highest BCUT2D eigenvalue weighted by Crippen LogP contribution is 2.35. The van der Waals surface area contributed by atoms with Gasteiger partial charge < -0.3 is 20.0 Å². The van der Waals surface area contributed by atoms with Crippen molar-refractivity contribution in [3.63, 3.8) is 0 Å². The van der Waals surface area contributed by atoms with Crippen LogP contribution in [0.3, 0.4) is 0 Å². The molecule has 0 saturated heterocycles. The summed E-state index contributed by atoms with van der Waals surface area (Å²) in [5, 5.41) is 16.7. The van der Waals surface area contributed by atoms with Crippen molar-refractivity contribution in [3.8, 4) is 0 Å². The van der Waals surface area contributed by atoms with Gasteiger partial charge in [0.15, 0.2) is 0 Å². The predicted octanol–water partition coefficient (Wildman–Crippen LogP) is -1.62. The normalized spacial score (nSPS) is 14.9. The third-order valence-corrected chi connectivity index (χ3v) is 0.921. The zero-order valence-corrected chi connectivity index (χ0v) is 6.35. The Labute approximate surface area is 62.4 Å². The van der Waals surface area contributed by atoms with Crippen LogP contribution >= 0.6 is 7.82 Å². The molecule has 0 spiro atoms. The third kappa shape index (κ3) is 7.89. The summed E-state index contributed by atoms with van der Waals surface area (Å²) >= 11 is 0. The van der Waals surface area contributed by atoms with Crippen LogP contribution < -0.4 is 0 Å². The summed E-state index contributed by atoms with van der Waals surface area (Å²) in [7, 11) is -4.65. The summed E-state index contributed by atoms with van der Waals surface area (Å²) in [6.07, 6.45) is -1.21. The smallest absolute Gasteiger partial charge is 0.394 e. The van der Waals surface area contributed by atoms with E-state index >= 15 is 0 Å². The monoisotopic (exact) mass is 188 g/mol. The molecule has 0 aliphatic heterocycles. The van der Waals surface area contributed by atoms with E-state index in [9.17, 15) is 4.57 Å². The van der Waals surface area contributed by atoms with Gasteiger partial charge in [0.2, 0.25) is 0 Å². The average molecular weight is 188 g/mol. The van der Waals surface area contributed by atoms with E-state index in [-0.39, 0.29) is 0 Å². The van der Waals surface area contributed by atoms with Crippen LogP contribution in [0.25, 0.3) is 0 Å². The Balaban J connectivity index is 3.35. The van der Waals surface area contributed by atoms with Gasteiger partial charge in [0.05, 0.1) is 6.61 Å². The van der Waals surface area contributed by atoms with Crippen molar-refractivity contribution in [1.82, 2.24) is 0 Å². The van der Waals surface area contributed by atoms with Crippen LogP contribution in [0.15, 0.2) is 0 Å². The molecule has 7 nitrogen and oxygen atoms in total. The minimum atomic E-state index is -4.65. The zero-order valence-electron chi connectivity index (χ0n) is 5.45. The molecule has 0 radical (unpaired) electrons. The number of hydrogen-bond acceptors (Lipinski definition) is 5. The Morgan fingerprint density at radius 2 is 2.00 bits per heavy atom. The lowest BCUT2D eigenvalue weighted by Gasteiger charge is -2.06. The molecule has 0 aromatic carbocycles. The molecular weight excluding hydrogens is 179 g/mol. The van der Waals surface area contributed by atoms with Gasteiger partial charge in [-0.25, -0.2) is 9.45 Å². The van der Waals surface area contributed by atoms with Gasteiger partial charge in [-0.15, -0.1) is 4.67 Å². The minimum Gasteiger partial charge on any atom is -0.394 e. The second-order valence-corrected chi connectivity index (χ2v) is 2.82. The standard InChI is InChI=1S/C3H9O7P/c4-1-3(5)2-9-10-11(6,7)8/h3-5H,1-2H2,(H2,6,7,8). The predicted molar refractivity (Wildman–Crippen MR) is 32.2 cm³/mol. The lowest BCUT2D eigenvalue weighted by atomic mass is 10.4. The van der Waals surface area contributed by atoms with E-state index in [1.165, 1.54) is 0 Å². The second-order valence-electron chi connectivity index (χ2n) is 1.69. The Kier molecular flexibility index (Phi) is 4.78. The van der Waals surface area contributed by atoms with E-state index < -0.39 is 27.1 Å². The molecule has 11 heavy (non-hydrogen) atoms. The highest BCUT2D eigenvalue weighted by Gasteiger charge is 2.16. The topological polar surface area (TPSA) is 116 Å². The van der Waals surface area contributed by atoms with E-state index in [1.807, 2.05) is 0 Å². The molecule has 0 aromatic rings. The maximum atomic E-state index is 9.90. The third-order valence-electron chi connectivity index (χ3n) is 0.621. The molecule has 0 rings (SSSR count). The minimum absolute atomic E-state index is 0.498. The zero-order chi connectivity index (χ0) is 8.91. The molecule has 1 unspecified atom stereocenters. The molecule has 0 aromatic heterocycles. The summed E-state index contributed by atoms with van der Waals surface area (Å²) in [6.45, 7) is -1.06. The van der Waals surface area contributed by atoms with Gasteiger partial charge in [-0.1, -0.05) is 0 Å². The molecule has 4 N–H and O–H groups in total. The lowest BCUT2D eigenvalue weighted by molar-refractivity contribution is -0.239. The van der Waals surface area contributed by atoms with Crippen molar-refractivity contribution < 1.29 is 34.1 Å². The summed E-state index contributed by atoms with van der Waals surface area (Å²) in [6, 6.07) is 0. The van der Waals surface area contributed by atoms with Crippen molar-refractivity contribution in [2.75, 3.05) is 13.2 Å². The molecule has 68 valence electrons. The largest absolute Gasteiger partial charge is 0.496 e. The molecule has 1 atom stereocenters. The van der Waals surface area contributed by atoms with Gasteiger partial charge in [-0.3, -0.25) is 0 Å². The van der Waals surface area contributed by atoms with E-state index in [1.54, 1.807) is 0 Å². The first-order chi connectivity index (χ1) is 4.95. The Hall–Kier alpha value is -0.0100. The number of rotatable bonds is 5. The molecule has 0 aliphatic carbocycles. The van der Waals surface area contributed by atoms with Crippen molar-refractivity contribution in [1.29, 1.82) is 0 Å². The summed E-state index contributed by atoms with van der Waals surface area (Å²) in [5.74, 6) is 0. The van der Waals surface area contributed by atoms with Crippen molar-refractivity contribution in [2.24, 2.45) is 0 Å². The Bertz CT molecular complexity index is 141. The summed E-state index contributed by atoms with van der Waals surface area (Å²) in [5.41, 5.74) is 0. The first kappa shape index (κ1) is 11.0. The molecule has 0 amide bonds. The van der Waals surface area contributed by atoms with Crippen molar-refractivity contribution in [3.05, 3.63) is 0 Å². The van der Waals surface area contributed by atoms with Crippen LogP contribution in [0.1, 0.15) is 0 Å². The van der Waals surface area contributed by atoms with Crippen molar-refractivity contribution in [2.45, 2.75) is 6.10 Å². The highest BCUT2D eigenvalue weighted by molar-refractivity contribution is 7.46. The first-order valence-electron chi connectivity index (χ1n) is 2.61. The van der Waals surface area contributed by atoms with Gasteiger partial charge in [0, 0.05) is 0 Å². The van der Waals surface area contributed by atoms with Gasteiger partial charge in [-0.05, 0) is 0 Å². The number of aliphatic hydroxyl groups is 2. The second kappa shape index (κ2) is 4.78. The Morgan fingerprint density at radius 1 is 1.45 bits per heavy atom.